The summed E-state index contributed by atoms with van der Waals surface area (Å²) in [6, 6.07) is 21.1. The number of quaternary nitrogens is 1. The molecule has 138 valence electrons. The highest BCUT2D eigenvalue weighted by molar-refractivity contribution is 5.17. The van der Waals surface area contributed by atoms with Gasteiger partial charge in [0.15, 0.2) is 0 Å². The van der Waals surface area contributed by atoms with E-state index in [1.807, 2.05) is 12.1 Å². The van der Waals surface area contributed by atoms with Crippen LogP contribution in [0.1, 0.15) is 11.1 Å². The van der Waals surface area contributed by atoms with Crippen molar-refractivity contribution < 1.29 is 9.59 Å². The molecule has 0 saturated heterocycles. The minimum Gasteiger partial charge on any atom is -0.391 e. The van der Waals surface area contributed by atoms with Crippen LogP contribution in [-0.2, 0) is 13.1 Å². The van der Waals surface area contributed by atoms with Crippen molar-refractivity contribution in [3.63, 3.8) is 0 Å². The summed E-state index contributed by atoms with van der Waals surface area (Å²) in [6.45, 7) is 4.63. The number of benzene rings is 2. The third-order valence-corrected chi connectivity index (χ3v) is 3.71. The largest absolute Gasteiger partial charge is 0.391 e. The van der Waals surface area contributed by atoms with Crippen LogP contribution in [0.4, 0.5) is 0 Å². The summed E-state index contributed by atoms with van der Waals surface area (Å²) < 4.78 is 0.844. The van der Waals surface area contributed by atoms with E-state index in [4.69, 9.17) is 10.8 Å². The number of rotatable bonds is 8. The zero-order valence-electron chi connectivity index (χ0n) is 15.9. The molecule has 2 rings (SSSR count). The molecule has 0 aliphatic rings. The normalized spacial score (nSPS) is 11.1. The van der Waals surface area contributed by atoms with Crippen molar-refractivity contribution in [1.82, 2.24) is 4.90 Å². The van der Waals surface area contributed by atoms with E-state index < -0.39 is 0 Å². The van der Waals surface area contributed by atoms with Crippen molar-refractivity contribution in [3.8, 4) is 0 Å². The lowest BCUT2D eigenvalue weighted by atomic mass is 10.1. The Morgan fingerprint density at radius 3 is 1.56 bits per heavy atom. The van der Waals surface area contributed by atoms with Gasteiger partial charge in [-0.1, -0.05) is 60.7 Å². The van der Waals surface area contributed by atoms with Crippen LogP contribution in [0.2, 0.25) is 0 Å². The van der Waals surface area contributed by atoms with Crippen molar-refractivity contribution in [2.75, 3.05) is 47.4 Å². The summed E-state index contributed by atoms with van der Waals surface area (Å²) in [5.41, 5.74) is 8.37. The van der Waals surface area contributed by atoms with Gasteiger partial charge in [0.05, 0.1) is 27.7 Å². The Morgan fingerprint density at radius 2 is 1.28 bits per heavy atom. The lowest BCUT2D eigenvalue weighted by Crippen LogP contribution is -2.36. The first-order valence-corrected chi connectivity index (χ1v) is 8.86. The quantitative estimate of drug-likeness (QED) is 0.723. The van der Waals surface area contributed by atoms with Crippen LogP contribution in [0.15, 0.2) is 60.7 Å². The van der Waals surface area contributed by atoms with E-state index in [9.17, 15) is 0 Å². The van der Waals surface area contributed by atoms with Crippen LogP contribution in [0.5, 0.6) is 0 Å². The molecule has 2 aromatic rings. The van der Waals surface area contributed by atoms with Crippen LogP contribution >= 0.6 is 0 Å². The minimum atomic E-state index is 0.281. The molecule has 0 spiro atoms. The fraction of sp³-hybridized carbons (Fsp3) is 0.429. The Bertz CT molecular complexity index is 511. The van der Waals surface area contributed by atoms with Crippen molar-refractivity contribution in [3.05, 3.63) is 71.8 Å². The number of hydrogen-bond donors (Lipinski definition) is 2. The van der Waals surface area contributed by atoms with Gasteiger partial charge in [-0.25, -0.2) is 0 Å². The van der Waals surface area contributed by atoms with E-state index in [-0.39, 0.29) is 6.61 Å². The summed E-state index contributed by atoms with van der Waals surface area (Å²) in [5.74, 6) is 0. The zero-order valence-corrected chi connectivity index (χ0v) is 15.9. The first kappa shape index (κ1) is 21.3. The van der Waals surface area contributed by atoms with Crippen LogP contribution in [0.3, 0.4) is 0 Å². The second-order valence-corrected chi connectivity index (χ2v) is 7.21. The maximum Gasteiger partial charge on any atom is 0.101 e. The molecule has 0 unspecified atom stereocenters. The van der Waals surface area contributed by atoms with Gasteiger partial charge in [0.1, 0.15) is 6.54 Å². The van der Waals surface area contributed by atoms with Crippen molar-refractivity contribution in [2.24, 2.45) is 5.73 Å². The molecule has 0 saturated carbocycles. The number of nitrogens with two attached hydrogens (primary N) is 1. The average Bonchev–Trinajstić information content (AvgIpc) is 2.56. The van der Waals surface area contributed by atoms with Crippen LogP contribution in [0.25, 0.3) is 0 Å². The number of aliphatic hydroxyl groups excluding tert-OH is 1. The lowest BCUT2D eigenvalue weighted by Gasteiger charge is -2.21. The molecular formula is C21H34N3O+. The molecule has 2 aromatic carbocycles. The Balaban J connectivity index is 0.000000381. The highest BCUT2D eigenvalue weighted by Gasteiger charge is 2.05. The Labute approximate surface area is 153 Å². The lowest BCUT2D eigenvalue weighted by molar-refractivity contribution is -0.870. The molecule has 0 aliphatic carbocycles. The van der Waals surface area contributed by atoms with Gasteiger partial charge in [-0.3, -0.25) is 4.90 Å². The minimum absolute atomic E-state index is 0.281. The van der Waals surface area contributed by atoms with Gasteiger partial charge < -0.3 is 15.3 Å². The molecular weight excluding hydrogens is 310 g/mol. The SMILES string of the molecule is C[N+](C)(C)CCO.NCCN(Cc1ccccc1)Cc1ccccc1. The fourth-order valence-corrected chi connectivity index (χ4v) is 2.38. The predicted molar refractivity (Wildman–Crippen MR) is 106 cm³/mol. The average molecular weight is 345 g/mol. The summed E-state index contributed by atoms with van der Waals surface area (Å²) in [4.78, 5) is 2.38. The summed E-state index contributed by atoms with van der Waals surface area (Å²) in [6.07, 6.45) is 0. The highest BCUT2D eigenvalue weighted by Crippen LogP contribution is 2.09. The van der Waals surface area contributed by atoms with Gasteiger partial charge in [0, 0.05) is 26.2 Å². The van der Waals surface area contributed by atoms with E-state index in [2.05, 4.69) is 74.6 Å². The van der Waals surface area contributed by atoms with Crippen molar-refractivity contribution >= 4 is 0 Å². The first-order valence-electron chi connectivity index (χ1n) is 8.86. The van der Waals surface area contributed by atoms with Gasteiger partial charge in [0.25, 0.3) is 0 Å². The summed E-state index contributed by atoms with van der Waals surface area (Å²) >= 11 is 0. The molecule has 25 heavy (non-hydrogen) atoms. The molecule has 0 bridgehead atoms. The second-order valence-electron chi connectivity index (χ2n) is 7.21. The van der Waals surface area contributed by atoms with Crippen LogP contribution in [0, 0.1) is 0 Å². The number of nitrogens with zero attached hydrogens (tertiary/aromatic N) is 2. The fourth-order valence-electron chi connectivity index (χ4n) is 2.38. The number of aliphatic hydroxyl groups is 1. The first-order chi connectivity index (χ1) is 11.9. The van der Waals surface area contributed by atoms with Gasteiger partial charge in [0.2, 0.25) is 0 Å². The molecule has 0 amide bonds. The molecule has 4 heteroatoms. The molecule has 0 aliphatic heterocycles. The Hall–Kier alpha value is -1.72. The molecule has 0 radical (unpaired) electrons. The zero-order chi connectivity index (χ0) is 18.5. The van der Waals surface area contributed by atoms with E-state index in [1.165, 1.54) is 11.1 Å². The monoisotopic (exact) mass is 344 g/mol. The van der Waals surface area contributed by atoms with E-state index >= 15 is 0 Å². The van der Waals surface area contributed by atoms with E-state index in [0.29, 0.717) is 6.54 Å². The van der Waals surface area contributed by atoms with Gasteiger partial charge in [-0.05, 0) is 11.1 Å². The maximum atomic E-state index is 8.39. The molecule has 0 heterocycles. The van der Waals surface area contributed by atoms with Crippen molar-refractivity contribution in [2.45, 2.75) is 13.1 Å². The maximum absolute atomic E-state index is 8.39. The molecule has 3 N–H and O–H groups in total. The molecule has 0 atom stereocenters. The predicted octanol–water partition coefficient (Wildman–Crippen LogP) is 2.33. The summed E-state index contributed by atoms with van der Waals surface area (Å²) in [5, 5.41) is 8.39. The second kappa shape index (κ2) is 11.8. The number of likely N-dealkylation sites (N-methyl/N-ethyl adjacent to an activating group) is 1. The van der Waals surface area contributed by atoms with Gasteiger partial charge in [-0.15, -0.1) is 0 Å². The third kappa shape index (κ3) is 10.7. The van der Waals surface area contributed by atoms with Crippen LogP contribution < -0.4 is 5.73 Å². The van der Waals surface area contributed by atoms with Gasteiger partial charge >= 0.3 is 0 Å². The molecule has 0 fully saturated rings. The van der Waals surface area contributed by atoms with E-state index in [1.54, 1.807) is 0 Å². The summed E-state index contributed by atoms with van der Waals surface area (Å²) in [7, 11) is 6.16. The highest BCUT2D eigenvalue weighted by atomic mass is 16.3. The van der Waals surface area contributed by atoms with Crippen LogP contribution in [-0.4, -0.2) is 61.9 Å². The van der Waals surface area contributed by atoms with Crippen molar-refractivity contribution in [1.29, 1.82) is 0 Å². The molecule has 0 aromatic heterocycles. The van der Waals surface area contributed by atoms with E-state index in [0.717, 1.165) is 30.7 Å². The smallest absolute Gasteiger partial charge is 0.101 e. The standard InChI is InChI=1S/C16H20N2.C5H14NO/c17-11-12-18(13-15-7-3-1-4-8-15)14-16-9-5-2-6-10-16;1-6(2,3)4-5-7/h1-10H,11-14,17H2;7H,4-5H2,1-3H3/q;+1. The van der Waals surface area contributed by atoms with Gasteiger partial charge in [-0.2, -0.15) is 0 Å². The Morgan fingerprint density at radius 1 is 0.840 bits per heavy atom. The number of hydrogen-bond acceptors (Lipinski definition) is 3. The Kier molecular flexibility index (Phi) is 10.0. The topological polar surface area (TPSA) is 49.5 Å². The third-order valence-electron chi connectivity index (χ3n) is 3.71. The molecule has 4 nitrogen and oxygen atoms in total.